The average Bonchev–Trinajstić information content (AvgIpc) is 2.28. The lowest BCUT2D eigenvalue weighted by Gasteiger charge is -2.06. The maximum Gasteiger partial charge on any atom is 0.136 e. The van der Waals surface area contributed by atoms with Crippen molar-refractivity contribution in [1.29, 1.82) is 0 Å². The second kappa shape index (κ2) is 5.17. The van der Waals surface area contributed by atoms with E-state index in [4.69, 9.17) is 11.6 Å². The molecule has 2 aromatic rings. The number of halogens is 2. The van der Waals surface area contributed by atoms with Gasteiger partial charge in [0.1, 0.15) is 16.5 Å². The standard InChI is InChI=1S/C11H8BrClN2S/c1-7-10(13)14-6-15-11(7)16-9-5-3-2-4-8(9)12/h2-6H,1H3. The number of benzene rings is 1. The molecule has 0 aliphatic rings. The fourth-order valence-electron chi connectivity index (χ4n) is 1.15. The second-order valence-corrected chi connectivity index (χ2v) is 5.37. The van der Waals surface area contributed by atoms with E-state index in [1.165, 1.54) is 6.33 Å². The number of hydrogen-bond donors (Lipinski definition) is 0. The summed E-state index contributed by atoms with van der Waals surface area (Å²) in [5, 5.41) is 1.39. The van der Waals surface area contributed by atoms with Crippen molar-refractivity contribution in [3.05, 3.63) is 45.8 Å². The van der Waals surface area contributed by atoms with Gasteiger partial charge in [0.2, 0.25) is 0 Å². The zero-order valence-corrected chi connectivity index (χ0v) is 11.6. The van der Waals surface area contributed by atoms with Crippen molar-refractivity contribution in [2.45, 2.75) is 16.8 Å². The quantitative estimate of drug-likeness (QED) is 0.770. The lowest BCUT2D eigenvalue weighted by atomic mass is 10.4. The molecule has 0 bridgehead atoms. The summed E-state index contributed by atoms with van der Waals surface area (Å²) in [7, 11) is 0. The number of hydrogen-bond acceptors (Lipinski definition) is 3. The molecule has 0 radical (unpaired) electrons. The Labute approximate surface area is 112 Å². The van der Waals surface area contributed by atoms with Crippen molar-refractivity contribution in [2.24, 2.45) is 0 Å². The smallest absolute Gasteiger partial charge is 0.136 e. The Balaban J connectivity index is 2.35. The molecule has 2 rings (SSSR count). The Kier molecular flexibility index (Phi) is 3.84. The van der Waals surface area contributed by atoms with Gasteiger partial charge in [-0.1, -0.05) is 35.5 Å². The number of aromatic nitrogens is 2. The highest BCUT2D eigenvalue weighted by molar-refractivity contribution is 9.10. The highest BCUT2D eigenvalue weighted by atomic mass is 79.9. The van der Waals surface area contributed by atoms with Gasteiger partial charge in [0.15, 0.2) is 0 Å². The molecule has 0 atom stereocenters. The largest absolute Gasteiger partial charge is 0.229 e. The van der Waals surface area contributed by atoms with Gasteiger partial charge in [0.25, 0.3) is 0 Å². The van der Waals surface area contributed by atoms with E-state index in [2.05, 4.69) is 25.9 Å². The molecule has 5 heteroatoms. The zero-order valence-electron chi connectivity index (χ0n) is 8.45. The van der Waals surface area contributed by atoms with Gasteiger partial charge in [-0.2, -0.15) is 0 Å². The summed E-state index contributed by atoms with van der Waals surface area (Å²) in [5.41, 5.74) is 0.907. The molecule has 0 fully saturated rings. The predicted octanol–water partition coefficient (Wildman–Crippen LogP) is 4.35. The van der Waals surface area contributed by atoms with Crippen molar-refractivity contribution >= 4 is 39.3 Å². The summed E-state index contributed by atoms with van der Waals surface area (Å²) in [6, 6.07) is 8.00. The van der Waals surface area contributed by atoms with Crippen molar-refractivity contribution in [3.63, 3.8) is 0 Å². The topological polar surface area (TPSA) is 25.8 Å². The summed E-state index contributed by atoms with van der Waals surface area (Å²) < 4.78 is 1.05. The fourth-order valence-corrected chi connectivity index (χ4v) is 2.74. The minimum absolute atomic E-state index is 0.504. The summed E-state index contributed by atoms with van der Waals surface area (Å²) in [4.78, 5) is 9.27. The minimum Gasteiger partial charge on any atom is -0.229 e. The van der Waals surface area contributed by atoms with Gasteiger partial charge in [-0.05, 0) is 35.0 Å². The van der Waals surface area contributed by atoms with Crippen LogP contribution in [0.3, 0.4) is 0 Å². The van der Waals surface area contributed by atoms with Crippen LogP contribution in [0.1, 0.15) is 5.56 Å². The SMILES string of the molecule is Cc1c(Cl)ncnc1Sc1ccccc1Br. The molecule has 0 spiro atoms. The normalized spacial score (nSPS) is 10.4. The Morgan fingerprint density at radius 3 is 2.75 bits per heavy atom. The molecule has 0 N–H and O–H groups in total. The Morgan fingerprint density at radius 1 is 1.25 bits per heavy atom. The molecular formula is C11H8BrClN2S. The molecule has 0 amide bonds. The first-order chi connectivity index (χ1) is 7.68. The molecule has 16 heavy (non-hydrogen) atoms. The van der Waals surface area contributed by atoms with E-state index in [-0.39, 0.29) is 0 Å². The van der Waals surface area contributed by atoms with Crippen LogP contribution in [-0.4, -0.2) is 9.97 Å². The van der Waals surface area contributed by atoms with Gasteiger partial charge in [0.05, 0.1) is 0 Å². The van der Waals surface area contributed by atoms with Crippen molar-refractivity contribution in [2.75, 3.05) is 0 Å². The van der Waals surface area contributed by atoms with Crippen LogP contribution in [0.25, 0.3) is 0 Å². The third kappa shape index (κ3) is 2.56. The second-order valence-electron chi connectivity index (χ2n) is 3.13. The molecule has 0 saturated heterocycles. The molecular weight excluding hydrogens is 308 g/mol. The Bertz CT molecular complexity index is 519. The molecule has 1 aromatic carbocycles. The predicted molar refractivity (Wildman–Crippen MR) is 70.0 cm³/mol. The van der Waals surface area contributed by atoms with E-state index in [9.17, 15) is 0 Å². The molecule has 0 unspecified atom stereocenters. The van der Waals surface area contributed by atoms with Gasteiger partial charge in [-0.15, -0.1) is 0 Å². The van der Waals surface area contributed by atoms with Gasteiger partial charge in [-0.25, -0.2) is 9.97 Å². The summed E-state index contributed by atoms with van der Waals surface area (Å²) in [6.07, 6.45) is 1.48. The molecule has 82 valence electrons. The fraction of sp³-hybridized carbons (Fsp3) is 0.0909. The van der Waals surface area contributed by atoms with Gasteiger partial charge < -0.3 is 0 Å². The first kappa shape index (κ1) is 11.9. The highest BCUT2D eigenvalue weighted by Crippen LogP contribution is 2.34. The minimum atomic E-state index is 0.504. The first-order valence-corrected chi connectivity index (χ1v) is 6.56. The average molecular weight is 316 g/mol. The Hall–Kier alpha value is -0.580. The molecule has 0 saturated carbocycles. The van der Waals surface area contributed by atoms with E-state index in [0.717, 1.165) is 20.0 Å². The van der Waals surface area contributed by atoms with Gasteiger partial charge in [0, 0.05) is 14.9 Å². The summed E-state index contributed by atoms with van der Waals surface area (Å²) >= 11 is 11.0. The van der Waals surface area contributed by atoms with Gasteiger partial charge in [-0.3, -0.25) is 0 Å². The molecule has 0 aliphatic carbocycles. The molecule has 1 heterocycles. The van der Waals surface area contributed by atoms with Crippen LogP contribution >= 0.6 is 39.3 Å². The van der Waals surface area contributed by atoms with Crippen molar-refractivity contribution in [3.8, 4) is 0 Å². The maximum atomic E-state index is 5.94. The lowest BCUT2D eigenvalue weighted by molar-refractivity contribution is 1.00. The first-order valence-electron chi connectivity index (χ1n) is 4.58. The van der Waals surface area contributed by atoms with E-state index >= 15 is 0 Å². The van der Waals surface area contributed by atoms with Crippen LogP contribution in [0.4, 0.5) is 0 Å². The van der Waals surface area contributed by atoms with E-state index in [1.807, 2.05) is 31.2 Å². The highest BCUT2D eigenvalue weighted by Gasteiger charge is 2.08. The van der Waals surface area contributed by atoms with Crippen molar-refractivity contribution < 1.29 is 0 Å². The third-order valence-electron chi connectivity index (χ3n) is 2.02. The molecule has 1 aromatic heterocycles. The van der Waals surface area contributed by atoms with Crippen LogP contribution < -0.4 is 0 Å². The Morgan fingerprint density at radius 2 is 2.00 bits per heavy atom. The summed E-state index contributed by atoms with van der Waals surface area (Å²) in [5.74, 6) is 0. The van der Waals surface area contributed by atoms with Gasteiger partial charge >= 0.3 is 0 Å². The van der Waals surface area contributed by atoms with E-state index in [0.29, 0.717) is 5.15 Å². The third-order valence-corrected chi connectivity index (χ3v) is 4.54. The van der Waals surface area contributed by atoms with E-state index < -0.39 is 0 Å². The molecule has 2 nitrogen and oxygen atoms in total. The van der Waals surface area contributed by atoms with Crippen LogP contribution in [0.15, 0.2) is 45.0 Å². The van der Waals surface area contributed by atoms with Crippen LogP contribution in [0.5, 0.6) is 0 Å². The van der Waals surface area contributed by atoms with Crippen LogP contribution in [0, 0.1) is 6.92 Å². The molecule has 0 aliphatic heterocycles. The van der Waals surface area contributed by atoms with E-state index in [1.54, 1.807) is 11.8 Å². The van der Waals surface area contributed by atoms with Crippen molar-refractivity contribution in [1.82, 2.24) is 9.97 Å². The van der Waals surface area contributed by atoms with Crippen LogP contribution in [-0.2, 0) is 0 Å². The monoisotopic (exact) mass is 314 g/mol. The van der Waals surface area contributed by atoms with Crippen LogP contribution in [0.2, 0.25) is 5.15 Å². The lowest BCUT2D eigenvalue weighted by Crippen LogP contribution is -1.89. The maximum absolute atomic E-state index is 5.94. The summed E-state index contributed by atoms with van der Waals surface area (Å²) in [6.45, 7) is 1.92. The number of rotatable bonds is 2. The zero-order chi connectivity index (χ0) is 11.5. The number of nitrogens with zero attached hydrogens (tertiary/aromatic N) is 2.